The van der Waals surface area contributed by atoms with E-state index >= 15 is 0 Å². The molecule has 6 nitrogen and oxygen atoms in total. The maximum absolute atomic E-state index is 12.6. The fourth-order valence-electron chi connectivity index (χ4n) is 3.46. The predicted molar refractivity (Wildman–Crippen MR) is 104 cm³/mol. The molecule has 0 bridgehead atoms. The van der Waals surface area contributed by atoms with Crippen molar-refractivity contribution in [2.75, 3.05) is 40.4 Å². The van der Waals surface area contributed by atoms with Gasteiger partial charge in [-0.15, -0.1) is 0 Å². The second-order valence-corrected chi connectivity index (χ2v) is 6.66. The van der Waals surface area contributed by atoms with E-state index in [0.717, 1.165) is 30.2 Å². The number of carbonyl (C=O) groups is 1. The third kappa shape index (κ3) is 4.17. The van der Waals surface area contributed by atoms with Gasteiger partial charge in [0.15, 0.2) is 0 Å². The van der Waals surface area contributed by atoms with Crippen molar-refractivity contribution in [3.63, 3.8) is 0 Å². The Morgan fingerprint density at radius 2 is 1.67 bits per heavy atom. The molecule has 1 atom stereocenters. The minimum absolute atomic E-state index is 0.00401. The first-order valence-corrected chi connectivity index (χ1v) is 9.07. The van der Waals surface area contributed by atoms with E-state index in [2.05, 4.69) is 11.8 Å². The Labute approximate surface area is 159 Å². The van der Waals surface area contributed by atoms with Gasteiger partial charge in [0, 0.05) is 49.4 Å². The van der Waals surface area contributed by atoms with Crippen molar-refractivity contribution in [1.82, 2.24) is 9.80 Å². The van der Waals surface area contributed by atoms with Gasteiger partial charge in [-0.2, -0.15) is 0 Å². The lowest BCUT2D eigenvalue weighted by molar-refractivity contribution is 0.0580. The number of benzene rings is 2. The van der Waals surface area contributed by atoms with Crippen LogP contribution in [0.15, 0.2) is 42.5 Å². The molecular weight excluding hydrogens is 344 g/mol. The second kappa shape index (κ2) is 8.31. The number of rotatable bonds is 5. The van der Waals surface area contributed by atoms with Crippen molar-refractivity contribution < 1.29 is 19.4 Å². The second-order valence-electron chi connectivity index (χ2n) is 6.66. The van der Waals surface area contributed by atoms with E-state index in [4.69, 9.17) is 9.47 Å². The van der Waals surface area contributed by atoms with Gasteiger partial charge in [-0.1, -0.05) is 6.07 Å². The topological polar surface area (TPSA) is 62.2 Å². The van der Waals surface area contributed by atoms with Gasteiger partial charge in [0.1, 0.15) is 17.2 Å². The average Bonchev–Trinajstić information content (AvgIpc) is 2.73. The average molecular weight is 370 g/mol. The minimum Gasteiger partial charge on any atom is -0.508 e. The lowest BCUT2D eigenvalue weighted by atomic mass is 10.0. The Morgan fingerprint density at radius 3 is 2.26 bits per heavy atom. The maximum atomic E-state index is 12.6. The molecule has 1 saturated heterocycles. The van der Waals surface area contributed by atoms with Crippen LogP contribution in [0.25, 0.3) is 0 Å². The Kier molecular flexibility index (Phi) is 5.86. The number of piperazine rings is 1. The lowest BCUT2D eigenvalue weighted by Crippen LogP contribution is -2.49. The number of carbonyl (C=O) groups excluding carboxylic acids is 1. The van der Waals surface area contributed by atoms with E-state index in [1.54, 1.807) is 38.5 Å². The zero-order valence-electron chi connectivity index (χ0n) is 16.0. The van der Waals surface area contributed by atoms with Gasteiger partial charge in [0.05, 0.1) is 14.2 Å². The zero-order valence-corrected chi connectivity index (χ0v) is 16.0. The van der Waals surface area contributed by atoms with Gasteiger partial charge in [-0.25, -0.2) is 0 Å². The van der Waals surface area contributed by atoms with Crippen molar-refractivity contribution in [3.05, 3.63) is 53.6 Å². The third-order valence-corrected chi connectivity index (χ3v) is 5.15. The van der Waals surface area contributed by atoms with Gasteiger partial charge in [0.25, 0.3) is 5.91 Å². The fraction of sp³-hybridized carbons (Fsp3) is 0.381. The highest BCUT2D eigenvalue weighted by Crippen LogP contribution is 2.33. The summed E-state index contributed by atoms with van der Waals surface area (Å²) in [6, 6.07) is 12.5. The quantitative estimate of drug-likeness (QED) is 0.877. The highest BCUT2D eigenvalue weighted by Gasteiger charge is 2.26. The minimum atomic E-state index is 0.00401. The van der Waals surface area contributed by atoms with Crippen LogP contribution in [0.4, 0.5) is 0 Å². The van der Waals surface area contributed by atoms with Crippen LogP contribution in [-0.4, -0.2) is 61.2 Å². The van der Waals surface area contributed by atoms with E-state index in [9.17, 15) is 9.90 Å². The molecule has 1 fully saturated rings. The number of phenolic OH excluding ortho intramolecular Hbond substituents is 1. The molecule has 27 heavy (non-hydrogen) atoms. The summed E-state index contributed by atoms with van der Waals surface area (Å²) >= 11 is 0. The Morgan fingerprint density at radius 1 is 1.00 bits per heavy atom. The Hall–Kier alpha value is -2.73. The third-order valence-electron chi connectivity index (χ3n) is 5.15. The molecule has 1 amide bonds. The molecule has 3 rings (SSSR count). The van der Waals surface area contributed by atoms with Gasteiger partial charge in [0.2, 0.25) is 0 Å². The summed E-state index contributed by atoms with van der Waals surface area (Å²) in [4.78, 5) is 16.8. The normalized spacial score (nSPS) is 16.0. The van der Waals surface area contributed by atoms with Gasteiger partial charge in [-0.05, 0) is 37.3 Å². The number of amides is 1. The van der Waals surface area contributed by atoms with Crippen molar-refractivity contribution in [3.8, 4) is 17.2 Å². The van der Waals surface area contributed by atoms with Gasteiger partial charge in [-0.3, -0.25) is 9.69 Å². The molecule has 2 aromatic carbocycles. The van der Waals surface area contributed by atoms with E-state index in [1.807, 2.05) is 23.1 Å². The first-order valence-electron chi connectivity index (χ1n) is 9.07. The predicted octanol–water partition coefficient (Wildman–Crippen LogP) is 2.93. The maximum Gasteiger partial charge on any atom is 0.253 e. The van der Waals surface area contributed by atoms with Crippen molar-refractivity contribution in [2.24, 2.45) is 0 Å². The SMILES string of the molecule is COc1ccc(C(C)N2CCN(C(=O)c3ccc(O)cc3)CC2)c(OC)c1. The standard InChI is InChI=1S/C21H26N2O4/c1-15(19-9-8-18(26-2)14-20(19)27-3)22-10-12-23(13-11-22)21(25)16-4-6-17(24)7-5-16/h4-9,14-15,24H,10-13H2,1-3H3. The molecule has 0 aromatic heterocycles. The fourth-order valence-corrected chi connectivity index (χ4v) is 3.46. The Balaban J connectivity index is 1.65. The molecule has 0 spiro atoms. The number of methoxy groups -OCH3 is 2. The van der Waals surface area contributed by atoms with Crippen LogP contribution in [0.3, 0.4) is 0 Å². The molecular formula is C21H26N2O4. The number of aromatic hydroxyl groups is 1. The number of hydrogen-bond acceptors (Lipinski definition) is 5. The summed E-state index contributed by atoms with van der Waals surface area (Å²) in [6.45, 7) is 5.08. The van der Waals surface area contributed by atoms with Crippen LogP contribution in [-0.2, 0) is 0 Å². The molecule has 1 N–H and O–H groups in total. The molecule has 0 saturated carbocycles. The van der Waals surface area contributed by atoms with Crippen LogP contribution in [0.5, 0.6) is 17.2 Å². The van der Waals surface area contributed by atoms with Gasteiger partial charge < -0.3 is 19.5 Å². The molecule has 6 heteroatoms. The first-order chi connectivity index (χ1) is 13.0. The van der Waals surface area contributed by atoms with Crippen molar-refractivity contribution in [1.29, 1.82) is 0 Å². The number of ether oxygens (including phenoxy) is 2. The molecule has 0 aliphatic carbocycles. The lowest BCUT2D eigenvalue weighted by Gasteiger charge is -2.38. The summed E-state index contributed by atoms with van der Waals surface area (Å²) in [7, 11) is 3.31. The van der Waals surface area contributed by atoms with Crippen molar-refractivity contribution >= 4 is 5.91 Å². The highest BCUT2D eigenvalue weighted by molar-refractivity contribution is 5.94. The van der Waals surface area contributed by atoms with E-state index in [1.165, 1.54) is 0 Å². The van der Waals surface area contributed by atoms with Crippen LogP contribution in [0.1, 0.15) is 28.9 Å². The van der Waals surface area contributed by atoms with Crippen LogP contribution >= 0.6 is 0 Å². The monoisotopic (exact) mass is 370 g/mol. The van der Waals surface area contributed by atoms with Crippen LogP contribution in [0.2, 0.25) is 0 Å². The summed E-state index contributed by atoms with van der Waals surface area (Å²) in [6.07, 6.45) is 0. The molecule has 1 aliphatic heterocycles. The number of phenols is 1. The molecule has 1 aliphatic rings. The highest BCUT2D eigenvalue weighted by atomic mass is 16.5. The molecule has 1 heterocycles. The van der Waals surface area contributed by atoms with E-state index < -0.39 is 0 Å². The Bertz CT molecular complexity index is 783. The molecule has 0 radical (unpaired) electrons. The smallest absolute Gasteiger partial charge is 0.253 e. The van der Waals surface area contributed by atoms with Gasteiger partial charge >= 0.3 is 0 Å². The van der Waals surface area contributed by atoms with Crippen LogP contribution < -0.4 is 9.47 Å². The van der Waals surface area contributed by atoms with Crippen molar-refractivity contribution in [2.45, 2.75) is 13.0 Å². The summed E-state index contributed by atoms with van der Waals surface area (Å²) in [5, 5.41) is 9.38. The van der Waals surface area contributed by atoms with E-state index in [-0.39, 0.29) is 17.7 Å². The summed E-state index contributed by atoms with van der Waals surface area (Å²) in [5.41, 5.74) is 1.71. The van der Waals surface area contributed by atoms with Crippen LogP contribution in [0, 0.1) is 0 Å². The molecule has 1 unspecified atom stereocenters. The number of hydrogen-bond donors (Lipinski definition) is 1. The summed E-state index contributed by atoms with van der Waals surface area (Å²) in [5.74, 6) is 1.75. The molecule has 144 valence electrons. The first kappa shape index (κ1) is 19.0. The zero-order chi connectivity index (χ0) is 19.4. The summed E-state index contributed by atoms with van der Waals surface area (Å²) < 4.78 is 10.8. The largest absolute Gasteiger partial charge is 0.508 e. The number of nitrogens with zero attached hydrogens (tertiary/aromatic N) is 2. The van der Waals surface area contributed by atoms with E-state index in [0.29, 0.717) is 18.7 Å². The molecule has 2 aromatic rings.